The fraction of sp³-hybridized carbons (Fsp3) is 0.161. The molecule has 0 unspecified atom stereocenters. The van der Waals surface area contributed by atoms with Crippen molar-refractivity contribution in [3.05, 3.63) is 113 Å². The maximum Gasteiger partial charge on any atom is 0.433 e. The number of nitrogens with zero attached hydrogens (tertiary/aromatic N) is 5. The lowest BCUT2D eigenvalue weighted by Crippen LogP contribution is -2.16. The maximum atomic E-state index is 14.2. The van der Waals surface area contributed by atoms with E-state index in [0.717, 1.165) is 39.9 Å². The number of anilines is 1. The predicted molar refractivity (Wildman–Crippen MR) is 151 cm³/mol. The maximum absolute atomic E-state index is 14.2. The number of amides is 1. The third kappa shape index (κ3) is 4.71. The van der Waals surface area contributed by atoms with Crippen LogP contribution in [0.25, 0.3) is 27.7 Å². The van der Waals surface area contributed by atoms with Gasteiger partial charge in [0.2, 0.25) is 0 Å². The fourth-order valence-electron chi connectivity index (χ4n) is 5.07. The van der Waals surface area contributed by atoms with E-state index in [2.05, 4.69) is 20.5 Å². The molecule has 41 heavy (non-hydrogen) atoms. The van der Waals surface area contributed by atoms with Crippen molar-refractivity contribution in [1.29, 1.82) is 0 Å². The second-order valence-electron chi connectivity index (χ2n) is 9.93. The van der Waals surface area contributed by atoms with Crippen molar-refractivity contribution in [2.45, 2.75) is 33.5 Å². The molecule has 0 saturated heterocycles. The van der Waals surface area contributed by atoms with E-state index >= 15 is 0 Å². The van der Waals surface area contributed by atoms with Gasteiger partial charge in [-0.25, -0.2) is 9.50 Å². The molecule has 3 aromatic carbocycles. The number of aromatic nitrogens is 5. The van der Waals surface area contributed by atoms with Gasteiger partial charge in [0.1, 0.15) is 5.56 Å². The molecule has 0 aliphatic carbocycles. The van der Waals surface area contributed by atoms with E-state index in [1.807, 2.05) is 68.4 Å². The van der Waals surface area contributed by atoms with Crippen LogP contribution in [-0.4, -0.2) is 30.3 Å². The molecule has 0 spiro atoms. The molecule has 6 aromatic rings. The van der Waals surface area contributed by atoms with Crippen LogP contribution in [0.4, 0.5) is 18.9 Å². The number of halogens is 3. The van der Waals surface area contributed by atoms with Crippen LogP contribution in [-0.2, 0) is 12.7 Å². The summed E-state index contributed by atoms with van der Waals surface area (Å²) < 4.78 is 45.1. The molecule has 0 atom stereocenters. The molecular weight excluding hydrogens is 529 g/mol. The standard InChI is InChI=1S/C31H25F3N6O/c1-18-9-4-5-11-22(18)17-39-20(3)28(19(2)38-39)37-30(41)25-16-35-40-27(31(32,33)34)15-26(36-29(25)40)24-14-8-12-21-10-6-7-13-23(21)24/h4-16H,17H2,1-3H3,(H,37,41). The van der Waals surface area contributed by atoms with E-state index in [9.17, 15) is 18.0 Å². The first-order chi connectivity index (χ1) is 19.6. The Kier molecular flexibility index (Phi) is 6.33. The smallest absolute Gasteiger partial charge is 0.319 e. The lowest BCUT2D eigenvalue weighted by Gasteiger charge is -2.13. The third-order valence-electron chi connectivity index (χ3n) is 7.27. The van der Waals surface area contributed by atoms with Crippen LogP contribution in [0, 0.1) is 20.8 Å². The summed E-state index contributed by atoms with van der Waals surface area (Å²) >= 11 is 0. The van der Waals surface area contributed by atoms with Crippen molar-refractivity contribution >= 4 is 28.0 Å². The van der Waals surface area contributed by atoms with Crippen molar-refractivity contribution in [2.75, 3.05) is 5.32 Å². The monoisotopic (exact) mass is 554 g/mol. The van der Waals surface area contributed by atoms with Gasteiger partial charge in [0.25, 0.3) is 5.91 Å². The highest BCUT2D eigenvalue weighted by Crippen LogP contribution is 2.35. The van der Waals surface area contributed by atoms with E-state index in [1.165, 1.54) is 0 Å². The van der Waals surface area contributed by atoms with Gasteiger partial charge in [-0.1, -0.05) is 66.7 Å². The van der Waals surface area contributed by atoms with Crippen LogP contribution >= 0.6 is 0 Å². The number of benzene rings is 3. The van der Waals surface area contributed by atoms with E-state index in [4.69, 9.17) is 0 Å². The molecule has 0 aliphatic rings. The lowest BCUT2D eigenvalue weighted by atomic mass is 10.0. The van der Waals surface area contributed by atoms with Crippen molar-refractivity contribution in [1.82, 2.24) is 24.4 Å². The Morgan fingerprint density at radius 1 is 0.951 bits per heavy atom. The first kappa shape index (κ1) is 26.2. The van der Waals surface area contributed by atoms with Crippen molar-refractivity contribution in [2.24, 2.45) is 0 Å². The molecule has 0 saturated carbocycles. The number of hydrogen-bond donors (Lipinski definition) is 1. The highest BCUT2D eigenvalue weighted by atomic mass is 19.4. The normalized spacial score (nSPS) is 11.9. The first-order valence-corrected chi connectivity index (χ1v) is 13.0. The van der Waals surface area contributed by atoms with Gasteiger partial charge in [0.15, 0.2) is 11.3 Å². The minimum Gasteiger partial charge on any atom is -0.319 e. The SMILES string of the molecule is Cc1ccccc1Cn1nc(C)c(NC(=O)c2cnn3c(C(F)(F)F)cc(-c4cccc5ccccc45)nc23)c1C. The second kappa shape index (κ2) is 9.88. The molecule has 0 aliphatic heterocycles. The van der Waals surface area contributed by atoms with Crippen LogP contribution in [0.1, 0.15) is 38.6 Å². The van der Waals surface area contributed by atoms with E-state index in [0.29, 0.717) is 28.0 Å². The predicted octanol–water partition coefficient (Wildman–Crippen LogP) is 6.99. The number of aryl methyl sites for hydroxylation is 2. The summed E-state index contributed by atoms with van der Waals surface area (Å²) in [5.41, 5.74) is 3.31. The van der Waals surface area contributed by atoms with Crippen LogP contribution in [0.3, 0.4) is 0 Å². The summed E-state index contributed by atoms with van der Waals surface area (Å²) in [6.07, 6.45) is -3.62. The van der Waals surface area contributed by atoms with Gasteiger partial charge < -0.3 is 5.32 Å². The Bertz CT molecular complexity index is 1950. The zero-order chi connectivity index (χ0) is 28.9. The van der Waals surface area contributed by atoms with Gasteiger partial charge in [-0.3, -0.25) is 9.48 Å². The Labute approximate surface area is 233 Å². The number of hydrogen-bond acceptors (Lipinski definition) is 4. The lowest BCUT2D eigenvalue weighted by molar-refractivity contribution is -0.142. The van der Waals surface area contributed by atoms with Gasteiger partial charge in [-0.15, -0.1) is 0 Å². The molecule has 6 rings (SSSR count). The highest BCUT2D eigenvalue weighted by Gasteiger charge is 2.36. The van der Waals surface area contributed by atoms with Crippen LogP contribution in [0.2, 0.25) is 0 Å². The highest BCUT2D eigenvalue weighted by molar-refractivity contribution is 6.09. The zero-order valence-electron chi connectivity index (χ0n) is 22.5. The number of alkyl halides is 3. The number of rotatable bonds is 5. The summed E-state index contributed by atoms with van der Waals surface area (Å²) in [7, 11) is 0. The summed E-state index contributed by atoms with van der Waals surface area (Å²) in [5.74, 6) is -0.627. The summed E-state index contributed by atoms with van der Waals surface area (Å²) in [6.45, 7) is 6.13. The summed E-state index contributed by atoms with van der Waals surface area (Å²) in [5, 5.41) is 13.0. The molecule has 3 heterocycles. The first-order valence-electron chi connectivity index (χ1n) is 13.0. The molecule has 7 nitrogen and oxygen atoms in total. The minimum atomic E-state index is -4.73. The van der Waals surface area contributed by atoms with Gasteiger partial charge in [-0.05, 0) is 48.7 Å². The Morgan fingerprint density at radius 2 is 1.68 bits per heavy atom. The van der Waals surface area contributed by atoms with Gasteiger partial charge >= 0.3 is 6.18 Å². The van der Waals surface area contributed by atoms with Crippen molar-refractivity contribution in [3.8, 4) is 11.3 Å². The van der Waals surface area contributed by atoms with E-state index in [1.54, 1.807) is 23.7 Å². The molecule has 10 heteroatoms. The molecular formula is C31H25F3N6O. The number of carbonyl (C=O) groups excluding carboxylic acids is 1. The van der Waals surface area contributed by atoms with Crippen molar-refractivity contribution < 1.29 is 18.0 Å². The average molecular weight is 555 g/mol. The summed E-state index contributed by atoms with van der Waals surface area (Å²) in [4.78, 5) is 18.0. The number of fused-ring (bicyclic) bond motifs is 2. The third-order valence-corrected chi connectivity index (χ3v) is 7.27. The molecule has 3 aromatic heterocycles. The van der Waals surface area contributed by atoms with Gasteiger partial charge in [-0.2, -0.15) is 23.4 Å². The quantitative estimate of drug-likeness (QED) is 0.249. The fourth-order valence-corrected chi connectivity index (χ4v) is 5.07. The van der Waals surface area contributed by atoms with Crippen LogP contribution in [0.5, 0.6) is 0 Å². The number of nitrogens with one attached hydrogen (secondary N) is 1. The van der Waals surface area contributed by atoms with E-state index < -0.39 is 17.8 Å². The summed E-state index contributed by atoms with van der Waals surface area (Å²) in [6, 6.07) is 21.7. The van der Waals surface area contributed by atoms with Gasteiger partial charge in [0.05, 0.1) is 35.5 Å². The second-order valence-corrected chi connectivity index (χ2v) is 9.93. The molecule has 0 bridgehead atoms. The Hall–Kier alpha value is -4.99. The molecule has 1 amide bonds. The van der Waals surface area contributed by atoms with Crippen LogP contribution in [0.15, 0.2) is 79.0 Å². The van der Waals surface area contributed by atoms with Crippen LogP contribution < -0.4 is 5.32 Å². The molecule has 1 N–H and O–H groups in total. The minimum absolute atomic E-state index is 0.0805. The molecule has 0 fully saturated rings. The number of carbonyl (C=O) groups is 1. The molecule has 206 valence electrons. The van der Waals surface area contributed by atoms with Crippen molar-refractivity contribution in [3.63, 3.8) is 0 Å². The Balaban J connectivity index is 1.42. The molecule has 0 radical (unpaired) electrons. The van der Waals surface area contributed by atoms with Gasteiger partial charge in [0, 0.05) is 5.56 Å². The largest absolute Gasteiger partial charge is 0.433 e. The zero-order valence-corrected chi connectivity index (χ0v) is 22.5. The average Bonchev–Trinajstić information content (AvgIpc) is 3.49. The Morgan fingerprint density at radius 3 is 2.46 bits per heavy atom. The van der Waals surface area contributed by atoms with E-state index in [-0.39, 0.29) is 16.9 Å². The topological polar surface area (TPSA) is 77.1 Å².